The number of amides is 1. The summed E-state index contributed by atoms with van der Waals surface area (Å²) in [4.78, 5) is 20.9. The van der Waals surface area contributed by atoms with Crippen molar-refractivity contribution in [3.63, 3.8) is 0 Å². The number of nitro benzene ring substituents is 1. The molecule has 0 aliphatic heterocycles. The highest BCUT2D eigenvalue weighted by atomic mass is 19.1. The third kappa shape index (κ3) is 3.68. The molecule has 0 aliphatic rings. The zero-order valence-corrected chi connectivity index (χ0v) is 10.3. The number of rotatable bonds is 5. The maximum absolute atomic E-state index is 13.5. The van der Waals surface area contributed by atoms with Crippen LogP contribution in [0.15, 0.2) is 12.1 Å². The van der Waals surface area contributed by atoms with E-state index < -0.39 is 33.7 Å². The van der Waals surface area contributed by atoms with E-state index in [1.165, 1.54) is 7.11 Å². The van der Waals surface area contributed by atoms with E-state index in [2.05, 4.69) is 5.32 Å². The lowest BCUT2D eigenvalue weighted by atomic mass is 10.1. The molecule has 19 heavy (non-hydrogen) atoms. The van der Waals surface area contributed by atoms with Gasteiger partial charge in [-0.15, -0.1) is 0 Å². The fourth-order valence-corrected chi connectivity index (χ4v) is 1.27. The first-order valence-corrected chi connectivity index (χ1v) is 5.31. The third-order valence-corrected chi connectivity index (χ3v) is 2.43. The lowest BCUT2D eigenvalue weighted by Gasteiger charge is -2.11. The number of nitrogens with one attached hydrogen (secondary N) is 1. The molecule has 0 spiro atoms. The molecule has 104 valence electrons. The molecule has 1 aromatic carbocycles. The lowest BCUT2D eigenvalue weighted by molar-refractivity contribution is -0.387. The van der Waals surface area contributed by atoms with Crippen molar-refractivity contribution in [3.8, 4) is 0 Å². The van der Waals surface area contributed by atoms with E-state index in [1.807, 2.05) is 0 Å². The third-order valence-electron chi connectivity index (χ3n) is 2.43. The van der Waals surface area contributed by atoms with Crippen LogP contribution in [0.1, 0.15) is 17.3 Å². The van der Waals surface area contributed by atoms with Crippen LogP contribution in [-0.2, 0) is 4.74 Å². The van der Waals surface area contributed by atoms with Gasteiger partial charge in [-0.1, -0.05) is 0 Å². The number of nitro groups is 1. The summed E-state index contributed by atoms with van der Waals surface area (Å²) in [7, 11) is 1.43. The SMILES string of the molecule is COC(C)CNC(=O)c1cc(F)c([N+](=O)[O-])cc1F. The number of nitrogens with zero attached hydrogens (tertiary/aromatic N) is 1. The van der Waals surface area contributed by atoms with E-state index in [0.717, 1.165) is 0 Å². The number of hydrogen-bond donors (Lipinski definition) is 1. The molecule has 1 unspecified atom stereocenters. The van der Waals surface area contributed by atoms with Crippen LogP contribution >= 0.6 is 0 Å². The van der Waals surface area contributed by atoms with Crippen molar-refractivity contribution in [1.29, 1.82) is 0 Å². The standard InChI is InChI=1S/C11H12F2N2O4/c1-6(19-2)5-14-11(16)7-3-9(13)10(15(17)18)4-8(7)12/h3-4,6H,5H2,1-2H3,(H,14,16). The van der Waals surface area contributed by atoms with Crippen molar-refractivity contribution >= 4 is 11.6 Å². The zero-order valence-electron chi connectivity index (χ0n) is 10.3. The molecule has 6 nitrogen and oxygen atoms in total. The maximum atomic E-state index is 13.5. The van der Waals surface area contributed by atoms with Crippen LogP contribution in [0.3, 0.4) is 0 Å². The van der Waals surface area contributed by atoms with Gasteiger partial charge in [0.1, 0.15) is 5.82 Å². The molecule has 0 saturated carbocycles. The highest BCUT2D eigenvalue weighted by molar-refractivity contribution is 5.94. The number of methoxy groups -OCH3 is 1. The van der Waals surface area contributed by atoms with Crippen LogP contribution < -0.4 is 5.32 Å². The Balaban J connectivity index is 2.92. The molecule has 1 aromatic rings. The summed E-state index contributed by atoms with van der Waals surface area (Å²) in [5.41, 5.74) is -1.61. The second-order valence-electron chi connectivity index (χ2n) is 3.80. The van der Waals surface area contributed by atoms with Crippen molar-refractivity contribution < 1.29 is 23.2 Å². The monoisotopic (exact) mass is 274 g/mol. The van der Waals surface area contributed by atoms with Gasteiger partial charge in [0.25, 0.3) is 5.91 Å². The van der Waals surface area contributed by atoms with Crippen LogP contribution in [0.5, 0.6) is 0 Å². The van der Waals surface area contributed by atoms with E-state index in [1.54, 1.807) is 6.92 Å². The van der Waals surface area contributed by atoms with Crippen molar-refractivity contribution in [3.05, 3.63) is 39.4 Å². The molecular weight excluding hydrogens is 262 g/mol. The number of ether oxygens (including phenoxy) is 1. The highest BCUT2D eigenvalue weighted by Crippen LogP contribution is 2.21. The molecule has 0 aromatic heterocycles. The Morgan fingerprint density at radius 1 is 1.47 bits per heavy atom. The lowest BCUT2D eigenvalue weighted by Crippen LogP contribution is -2.32. The average Bonchev–Trinajstić information content (AvgIpc) is 2.37. The van der Waals surface area contributed by atoms with Crippen LogP contribution in [0, 0.1) is 21.7 Å². The molecule has 0 heterocycles. The molecule has 0 saturated heterocycles. The molecule has 0 fully saturated rings. The summed E-state index contributed by atoms with van der Waals surface area (Å²) in [5.74, 6) is -3.29. The molecule has 0 bridgehead atoms. The fourth-order valence-electron chi connectivity index (χ4n) is 1.27. The number of benzene rings is 1. The van der Waals surface area contributed by atoms with Crippen molar-refractivity contribution in [2.75, 3.05) is 13.7 Å². The van der Waals surface area contributed by atoms with Gasteiger partial charge in [0.15, 0.2) is 0 Å². The molecule has 1 N–H and O–H groups in total. The highest BCUT2D eigenvalue weighted by Gasteiger charge is 2.22. The molecule has 0 aliphatic carbocycles. The summed E-state index contributed by atoms with van der Waals surface area (Å²) in [6.07, 6.45) is -0.296. The minimum Gasteiger partial charge on any atom is -0.380 e. The average molecular weight is 274 g/mol. The predicted octanol–water partition coefficient (Wildman–Crippen LogP) is 1.64. The van der Waals surface area contributed by atoms with Crippen LogP contribution in [-0.4, -0.2) is 30.6 Å². The largest absolute Gasteiger partial charge is 0.380 e. The Hall–Kier alpha value is -2.09. The zero-order chi connectivity index (χ0) is 14.6. The van der Waals surface area contributed by atoms with Gasteiger partial charge in [-0.05, 0) is 13.0 Å². The van der Waals surface area contributed by atoms with Gasteiger partial charge >= 0.3 is 5.69 Å². The van der Waals surface area contributed by atoms with Crippen molar-refractivity contribution in [2.45, 2.75) is 13.0 Å². The van der Waals surface area contributed by atoms with Crippen LogP contribution in [0.4, 0.5) is 14.5 Å². The van der Waals surface area contributed by atoms with Crippen molar-refractivity contribution in [2.24, 2.45) is 0 Å². The number of hydrogen-bond acceptors (Lipinski definition) is 4. The van der Waals surface area contributed by atoms with E-state index in [-0.39, 0.29) is 12.6 Å². The maximum Gasteiger partial charge on any atom is 0.307 e. The Morgan fingerprint density at radius 2 is 2.11 bits per heavy atom. The fraction of sp³-hybridized carbons (Fsp3) is 0.364. The van der Waals surface area contributed by atoms with Crippen LogP contribution in [0.25, 0.3) is 0 Å². The molecule has 1 rings (SSSR count). The molecule has 8 heteroatoms. The Kier molecular flexibility index (Phi) is 4.87. The molecule has 1 amide bonds. The minimum absolute atomic E-state index is 0.105. The second kappa shape index (κ2) is 6.19. The summed E-state index contributed by atoms with van der Waals surface area (Å²) < 4.78 is 31.6. The number of carbonyl (C=O) groups is 1. The normalized spacial score (nSPS) is 12.0. The topological polar surface area (TPSA) is 81.5 Å². The summed E-state index contributed by atoms with van der Waals surface area (Å²) in [6.45, 7) is 1.78. The predicted molar refractivity (Wildman–Crippen MR) is 61.8 cm³/mol. The van der Waals surface area contributed by atoms with Gasteiger partial charge in [0.2, 0.25) is 5.82 Å². The summed E-state index contributed by atoms with van der Waals surface area (Å²) in [5, 5.41) is 12.7. The van der Waals surface area contributed by atoms with Gasteiger partial charge in [-0.3, -0.25) is 14.9 Å². The summed E-state index contributed by atoms with van der Waals surface area (Å²) >= 11 is 0. The van der Waals surface area contributed by atoms with Gasteiger partial charge in [0.05, 0.1) is 22.7 Å². The Morgan fingerprint density at radius 3 is 2.63 bits per heavy atom. The molecule has 1 atom stereocenters. The van der Waals surface area contributed by atoms with Gasteiger partial charge in [0, 0.05) is 13.7 Å². The van der Waals surface area contributed by atoms with E-state index in [9.17, 15) is 23.7 Å². The van der Waals surface area contributed by atoms with E-state index >= 15 is 0 Å². The first-order chi connectivity index (χ1) is 8.86. The minimum atomic E-state index is -1.27. The molecular formula is C11H12F2N2O4. The quantitative estimate of drug-likeness (QED) is 0.653. The number of carbonyl (C=O) groups excluding carboxylic acids is 1. The first kappa shape index (κ1) is 15.0. The van der Waals surface area contributed by atoms with E-state index in [4.69, 9.17) is 4.74 Å². The van der Waals surface area contributed by atoms with Gasteiger partial charge in [-0.25, -0.2) is 4.39 Å². The van der Waals surface area contributed by atoms with Gasteiger partial charge < -0.3 is 10.1 Å². The second-order valence-corrected chi connectivity index (χ2v) is 3.80. The van der Waals surface area contributed by atoms with Crippen LogP contribution in [0.2, 0.25) is 0 Å². The number of halogens is 2. The van der Waals surface area contributed by atoms with Crippen molar-refractivity contribution in [1.82, 2.24) is 5.32 Å². The summed E-state index contributed by atoms with van der Waals surface area (Å²) in [6, 6.07) is 0.879. The van der Waals surface area contributed by atoms with E-state index in [0.29, 0.717) is 12.1 Å². The smallest absolute Gasteiger partial charge is 0.307 e. The first-order valence-electron chi connectivity index (χ1n) is 5.31. The van der Waals surface area contributed by atoms with Gasteiger partial charge in [-0.2, -0.15) is 4.39 Å². The Bertz CT molecular complexity index is 508. The Labute approximate surface area is 107 Å². The molecule has 0 radical (unpaired) electrons.